The minimum Gasteiger partial charge on any atom is -0.462 e. The molecule has 79 heavy (non-hydrogen) atoms. The average molecular weight is 1110 g/mol. The van der Waals surface area contributed by atoms with E-state index >= 15 is 0 Å². The number of rotatable bonds is 65. The monoisotopic (exact) mass is 1110 g/mol. The Morgan fingerprint density at radius 2 is 0.468 bits per heavy atom. The molecule has 1 atom stereocenters. The Bertz CT molecular complexity index is 1360. The van der Waals surface area contributed by atoms with Crippen molar-refractivity contribution in [3.8, 4) is 0 Å². The van der Waals surface area contributed by atoms with Gasteiger partial charge in [-0.1, -0.05) is 333 Å². The van der Waals surface area contributed by atoms with Crippen molar-refractivity contribution in [1.82, 2.24) is 0 Å². The Kier molecular flexibility index (Phi) is 65.6. The van der Waals surface area contributed by atoms with Gasteiger partial charge in [0.25, 0.3) is 0 Å². The summed E-state index contributed by atoms with van der Waals surface area (Å²) in [6, 6.07) is 0. The van der Waals surface area contributed by atoms with E-state index in [0.717, 1.165) is 77.0 Å². The number of esters is 3. The summed E-state index contributed by atoms with van der Waals surface area (Å²) in [5.41, 5.74) is 0. The molecule has 0 aromatic rings. The minimum absolute atomic E-state index is 0.0701. The molecule has 0 radical (unpaired) electrons. The Morgan fingerprint density at radius 3 is 0.759 bits per heavy atom. The fourth-order valence-corrected chi connectivity index (χ4v) is 10.5. The van der Waals surface area contributed by atoms with Gasteiger partial charge in [0.15, 0.2) is 6.10 Å². The average Bonchev–Trinajstić information content (AvgIpc) is 3.45. The van der Waals surface area contributed by atoms with Gasteiger partial charge < -0.3 is 14.2 Å². The van der Waals surface area contributed by atoms with Crippen molar-refractivity contribution in [2.24, 2.45) is 0 Å². The molecule has 0 aliphatic heterocycles. The Balaban J connectivity index is 4.09. The summed E-state index contributed by atoms with van der Waals surface area (Å²) in [6.07, 6.45) is 85.8. The maximum atomic E-state index is 12.9. The van der Waals surface area contributed by atoms with E-state index in [1.807, 2.05) is 0 Å². The molecule has 6 nitrogen and oxygen atoms in total. The first-order valence-electron chi connectivity index (χ1n) is 35.1. The molecular formula is C73H134O6. The number of carbonyl (C=O) groups excluding carboxylic acids is 3. The van der Waals surface area contributed by atoms with E-state index in [1.54, 1.807) is 0 Å². The second-order valence-corrected chi connectivity index (χ2v) is 23.8. The molecule has 0 spiro atoms. The van der Waals surface area contributed by atoms with E-state index in [2.05, 4.69) is 69.4 Å². The summed E-state index contributed by atoms with van der Waals surface area (Å²) in [4.78, 5) is 38.3. The molecule has 462 valence electrons. The van der Waals surface area contributed by atoms with Crippen molar-refractivity contribution < 1.29 is 28.6 Å². The largest absolute Gasteiger partial charge is 0.462 e. The highest BCUT2D eigenvalue weighted by Gasteiger charge is 2.19. The van der Waals surface area contributed by atoms with Gasteiger partial charge in [0.2, 0.25) is 0 Å². The number of unbranched alkanes of at least 4 members (excludes halogenated alkanes) is 46. The number of hydrogen-bond acceptors (Lipinski definition) is 6. The molecule has 0 aromatic carbocycles. The van der Waals surface area contributed by atoms with Crippen molar-refractivity contribution in [2.75, 3.05) is 13.2 Å². The number of allylic oxidation sites excluding steroid dienone is 8. The van der Waals surface area contributed by atoms with Crippen LogP contribution in [-0.4, -0.2) is 37.2 Å². The minimum atomic E-state index is -0.773. The van der Waals surface area contributed by atoms with Gasteiger partial charge in [0.1, 0.15) is 13.2 Å². The number of ether oxygens (including phenoxy) is 3. The van der Waals surface area contributed by atoms with Gasteiger partial charge in [-0.15, -0.1) is 0 Å². The standard InChI is InChI=1S/C73H134O6/c1-4-7-10-13-16-19-22-24-26-28-29-30-31-32-33-34-35-36-37-38-39-40-41-42-43-45-46-48-51-54-57-60-63-66-72(75)78-69-70(68-77-71(74)65-62-59-56-53-50-21-18-15-12-9-6-3)79-73(76)67-64-61-58-55-52-49-47-44-27-25-23-20-17-14-11-8-5-2/h15,18,22,24,28-29,31-32,70H,4-14,16-17,19-21,23,25-27,30,33-69H2,1-3H3/b18-15-,24-22-,29-28-,32-31-. The van der Waals surface area contributed by atoms with Crippen LogP contribution in [0.4, 0.5) is 0 Å². The molecule has 1 unspecified atom stereocenters. The van der Waals surface area contributed by atoms with E-state index in [0.29, 0.717) is 19.3 Å². The van der Waals surface area contributed by atoms with E-state index < -0.39 is 6.10 Å². The van der Waals surface area contributed by atoms with E-state index in [9.17, 15) is 14.4 Å². The van der Waals surface area contributed by atoms with Gasteiger partial charge in [0.05, 0.1) is 0 Å². The lowest BCUT2D eigenvalue weighted by Crippen LogP contribution is -2.30. The van der Waals surface area contributed by atoms with Crippen LogP contribution in [0, 0.1) is 0 Å². The highest BCUT2D eigenvalue weighted by Crippen LogP contribution is 2.18. The lowest BCUT2D eigenvalue weighted by atomic mass is 10.0. The van der Waals surface area contributed by atoms with Gasteiger partial charge in [-0.2, -0.15) is 0 Å². The summed E-state index contributed by atoms with van der Waals surface area (Å²) < 4.78 is 16.9. The molecule has 0 amide bonds. The quantitative estimate of drug-likeness (QED) is 0.0261. The van der Waals surface area contributed by atoms with Crippen LogP contribution in [0.3, 0.4) is 0 Å². The molecule has 6 heteroatoms. The zero-order valence-corrected chi connectivity index (χ0v) is 53.2. The lowest BCUT2D eigenvalue weighted by molar-refractivity contribution is -0.167. The summed E-state index contributed by atoms with van der Waals surface area (Å²) in [7, 11) is 0. The molecule has 0 aliphatic rings. The van der Waals surface area contributed by atoms with Crippen molar-refractivity contribution in [3.63, 3.8) is 0 Å². The van der Waals surface area contributed by atoms with Gasteiger partial charge in [0, 0.05) is 19.3 Å². The third kappa shape index (κ3) is 66.1. The summed E-state index contributed by atoms with van der Waals surface area (Å²) >= 11 is 0. The first-order chi connectivity index (χ1) is 39.0. The van der Waals surface area contributed by atoms with Crippen molar-refractivity contribution in [3.05, 3.63) is 48.6 Å². The van der Waals surface area contributed by atoms with Crippen LogP contribution in [-0.2, 0) is 28.6 Å². The maximum Gasteiger partial charge on any atom is 0.306 e. The van der Waals surface area contributed by atoms with Crippen LogP contribution in [0.25, 0.3) is 0 Å². The molecular weight excluding hydrogens is 973 g/mol. The zero-order valence-electron chi connectivity index (χ0n) is 53.2. The molecule has 0 saturated heterocycles. The Hall–Kier alpha value is -2.63. The molecule has 0 rings (SSSR count). The highest BCUT2D eigenvalue weighted by atomic mass is 16.6. The van der Waals surface area contributed by atoms with Gasteiger partial charge in [-0.05, 0) is 77.0 Å². The Morgan fingerprint density at radius 1 is 0.253 bits per heavy atom. The van der Waals surface area contributed by atoms with Crippen LogP contribution < -0.4 is 0 Å². The normalized spacial score (nSPS) is 12.3. The van der Waals surface area contributed by atoms with E-state index in [1.165, 1.54) is 263 Å². The zero-order chi connectivity index (χ0) is 57.1. The lowest BCUT2D eigenvalue weighted by Gasteiger charge is -2.18. The maximum absolute atomic E-state index is 12.9. The molecule has 0 fully saturated rings. The smallest absolute Gasteiger partial charge is 0.306 e. The van der Waals surface area contributed by atoms with Gasteiger partial charge in [-0.3, -0.25) is 14.4 Å². The first kappa shape index (κ1) is 76.4. The predicted molar refractivity (Wildman–Crippen MR) is 344 cm³/mol. The molecule has 0 saturated carbocycles. The third-order valence-corrected chi connectivity index (χ3v) is 15.8. The SMILES string of the molecule is CCCC/C=C\CCCCCCCC(=O)OCC(COC(=O)CCCCCCCCCCCCCCCCCCCC/C=C\C/C=C\C/C=C\CCCCCCC)OC(=O)CCCCCCCCCCCCCCCCCCC. The van der Waals surface area contributed by atoms with Crippen LogP contribution in [0.2, 0.25) is 0 Å². The van der Waals surface area contributed by atoms with E-state index in [4.69, 9.17) is 14.2 Å². The van der Waals surface area contributed by atoms with Crippen LogP contribution in [0.1, 0.15) is 380 Å². The third-order valence-electron chi connectivity index (χ3n) is 15.8. The van der Waals surface area contributed by atoms with E-state index in [-0.39, 0.29) is 31.1 Å². The van der Waals surface area contributed by atoms with Crippen LogP contribution in [0.5, 0.6) is 0 Å². The summed E-state index contributed by atoms with van der Waals surface area (Å²) in [5, 5.41) is 0. The van der Waals surface area contributed by atoms with Crippen LogP contribution in [0.15, 0.2) is 48.6 Å². The number of hydrogen-bond donors (Lipinski definition) is 0. The predicted octanol–water partition coefficient (Wildman–Crippen LogP) is 24.1. The van der Waals surface area contributed by atoms with Crippen molar-refractivity contribution in [1.29, 1.82) is 0 Å². The fourth-order valence-electron chi connectivity index (χ4n) is 10.5. The van der Waals surface area contributed by atoms with Gasteiger partial charge >= 0.3 is 17.9 Å². The number of carbonyl (C=O) groups is 3. The molecule has 0 N–H and O–H groups in total. The Labute approximate surface area is 492 Å². The van der Waals surface area contributed by atoms with Crippen LogP contribution >= 0.6 is 0 Å². The summed E-state index contributed by atoms with van der Waals surface area (Å²) in [6.45, 7) is 6.64. The second kappa shape index (κ2) is 67.9. The van der Waals surface area contributed by atoms with Crippen molar-refractivity contribution >= 4 is 17.9 Å². The molecule has 0 aromatic heterocycles. The molecule has 0 heterocycles. The highest BCUT2D eigenvalue weighted by molar-refractivity contribution is 5.71. The van der Waals surface area contributed by atoms with Gasteiger partial charge in [-0.25, -0.2) is 0 Å². The first-order valence-corrected chi connectivity index (χ1v) is 35.1. The fraction of sp³-hybridized carbons (Fsp3) is 0.849. The summed E-state index contributed by atoms with van der Waals surface area (Å²) in [5.74, 6) is -0.855. The second-order valence-electron chi connectivity index (χ2n) is 23.8. The molecule has 0 aliphatic carbocycles. The topological polar surface area (TPSA) is 78.9 Å². The van der Waals surface area contributed by atoms with Crippen molar-refractivity contribution in [2.45, 2.75) is 386 Å². The molecule has 0 bridgehead atoms.